The minimum atomic E-state index is -1.19. The number of hydrogen-bond donors (Lipinski definition) is 4. The second-order valence-electron chi connectivity index (χ2n) is 8.76. The standard InChI is InChI=1S/C27H33N3O6/c1-17-7-8-21(14-18(17)2)26(35)28-13-5-4-6-24(27(36)30-23(16-31)15-25(33)34)20-9-11-22(12-10-20)29-19(3)32/h7-12,14,16,23-24H,4-6,13,15H2,1-3H3,(H,28,35)(H,29,32)(H,30,36)(H,33,34)/t23-,24?/m0/s1. The predicted molar refractivity (Wildman–Crippen MR) is 136 cm³/mol. The number of aryl methyl sites for hydroxylation is 2. The number of carboxylic acids is 1. The van der Waals surface area contributed by atoms with Gasteiger partial charge in [-0.3, -0.25) is 19.2 Å². The van der Waals surface area contributed by atoms with Gasteiger partial charge in [0.05, 0.1) is 18.4 Å². The molecule has 0 aliphatic heterocycles. The molecule has 0 spiro atoms. The number of amides is 3. The topological polar surface area (TPSA) is 142 Å². The largest absolute Gasteiger partial charge is 0.481 e. The van der Waals surface area contributed by atoms with Crippen LogP contribution < -0.4 is 16.0 Å². The Hall–Kier alpha value is -4.01. The van der Waals surface area contributed by atoms with E-state index in [0.29, 0.717) is 48.9 Å². The van der Waals surface area contributed by atoms with Crippen molar-refractivity contribution in [1.29, 1.82) is 0 Å². The van der Waals surface area contributed by atoms with Crippen molar-refractivity contribution < 1.29 is 29.1 Å². The van der Waals surface area contributed by atoms with Gasteiger partial charge >= 0.3 is 5.97 Å². The maximum atomic E-state index is 13.0. The number of hydrogen-bond acceptors (Lipinski definition) is 5. The first-order chi connectivity index (χ1) is 17.1. The minimum absolute atomic E-state index is 0.163. The van der Waals surface area contributed by atoms with Crippen LogP contribution in [0, 0.1) is 13.8 Å². The maximum absolute atomic E-state index is 13.0. The van der Waals surface area contributed by atoms with Crippen LogP contribution in [0.4, 0.5) is 5.69 Å². The fraction of sp³-hybridized carbons (Fsp3) is 0.370. The highest BCUT2D eigenvalue weighted by Gasteiger charge is 2.24. The van der Waals surface area contributed by atoms with Gasteiger partial charge in [0.1, 0.15) is 6.29 Å². The molecule has 192 valence electrons. The van der Waals surface area contributed by atoms with Gasteiger partial charge in [0.2, 0.25) is 11.8 Å². The summed E-state index contributed by atoms with van der Waals surface area (Å²) in [5.74, 6) is -2.67. The number of aldehydes is 1. The molecule has 0 saturated carbocycles. The normalized spacial score (nSPS) is 12.2. The van der Waals surface area contributed by atoms with Crippen LogP contribution in [0.1, 0.15) is 65.6 Å². The van der Waals surface area contributed by atoms with E-state index < -0.39 is 30.3 Å². The van der Waals surface area contributed by atoms with E-state index in [9.17, 15) is 24.0 Å². The molecule has 2 atom stereocenters. The molecule has 3 amide bonds. The Morgan fingerprint density at radius 1 is 0.972 bits per heavy atom. The third-order valence-corrected chi connectivity index (χ3v) is 5.81. The van der Waals surface area contributed by atoms with Crippen LogP contribution in [0.15, 0.2) is 42.5 Å². The van der Waals surface area contributed by atoms with E-state index in [-0.39, 0.29) is 11.8 Å². The number of carbonyl (C=O) groups is 5. The van der Waals surface area contributed by atoms with Crippen molar-refractivity contribution in [3.8, 4) is 0 Å². The summed E-state index contributed by atoms with van der Waals surface area (Å²) in [6.07, 6.45) is 1.54. The van der Waals surface area contributed by atoms with Gasteiger partial charge in [-0.05, 0) is 67.6 Å². The molecule has 0 saturated heterocycles. The number of carbonyl (C=O) groups excluding carboxylic acids is 4. The molecule has 9 nitrogen and oxygen atoms in total. The first kappa shape index (κ1) is 28.2. The van der Waals surface area contributed by atoms with E-state index in [1.807, 2.05) is 26.0 Å². The molecule has 2 aromatic rings. The molecule has 4 N–H and O–H groups in total. The van der Waals surface area contributed by atoms with E-state index >= 15 is 0 Å². The molecule has 0 radical (unpaired) electrons. The summed E-state index contributed by atoms with van der Waals surface area (Å²) in [4.78, 5) is 58.9. The Morgan fingerprint density at radius 2 is 1.67 bits per heavy atom. The van der Waals surface area contributed by atoms with Crippen molar-refractivity contribution in [3.05, 3.63) is 64.7 Å². The number of rotatable bonds is 13. The molecule has 36 heavy (non-hydrogen) atoms. The Bertz CT molecular complexity index is 1100. The number of aliphatic carboxylic acids is 1. The molecule has 0 aliphatic carbocycles. The van der Waals surface area contributed by atoms with Crippen molar-refractivity contribution in [2.45, 2.75) is 58.4 Å². The number of anilines is 1. The van der Waals surface area contributed by atoms with Gasteiger partial charge in [-0.1, -0.05) is 24.6 Å². The zero-order valence-corrected chi connectivity index (χ0v) is 20.8. The van der Waals surface area contributed by atoms with Crippen LogP contribution in [-0.4, -0.2) is 47.7 Å². The average molecular weight is 496 g/mol. The lowest BCUT2D eigenvalue weighted by atomic mass is 9.92. The van der Waals surface area contributed by atoms with Crippen molar-refractivity contribution in [1.82, 2.24) is 10.6 Å². The molecule has 0 aliphatic rings. The van der Waals surface area contributed by atoms with Crippen LogP contribution >= 0.6 is 0 Å². The summed E-state index contributed by atoms with van der Waals surface area (Å²) < 4.78 is 0. The second kappa shape index (κ2) is 13.8. The summed E-state index contributed by atoms with van der Waals surface area (Å²) in [7, 11) is 0. The SMILES string of the molecule is CC(=O)Nc1ccc(C(CCCCNC(=O)c2ccc(C)c(C)c2)C(=O)N[C@H](C=O)CC(=O)O)cc1. The van der Waals surface area contributed by atoms with E-state index in [1.54, 1.807) is 30.3 Å². The van der Waals surface area contributed by atoms with Gasteiger partial charge < -0.3 is 25.9 Å². The third kappa shape index (κ3) is 8.98. The lowest BCUT2D eigenvalue weighted by Crippen LogP contribution is -2.40. The summed E-state index contributed by atoms with van der Waals surface area (Å²) in [5, 5.41) is 17.0. The van der Waals surface area contributed by atoms with Crippen LogP contribution in [0.3, 0.4) is 0 Å². The Balaban J connectivity index is 2.01. The summed E-state index contributed by atoms with van der Waals surface area (Å²) in [6, 6.07) is 11.2. The van der Waals surface area contributed by atoms with Crippen molar-refractivity contribution >= 4 is 35.7 Å². The number of nitrogens with one attached hydrogen (secondary N) is 3. The second-order valence-corrected chi connectivity index (χ2v) is 8.76. The van der Waals surface area contributed by atoms with Gasteiger partial charge in [-0.15, -0.1) is 0 Å². The molecule has 1 unspecified atom stereocenters. The van der Waals surface area contributed by atoms with Crippen molar-refractivity contribution in [2.75, 3.05) is 11.9 Å². The number of benzene rings is 2. The van der Waals surface area contributed by atoms with Crippen LogP contribution in [0.25, 0.3) is 0 Å². The fourth-order valence-electron chi connectivity index (χ4n) is 3.72. The highest BCUT2D eigenvalue weighted by Crippen LogP contribution is 2.24. The van der Waals surface area contributed by atoms with Gasteiger partial charge in [0, 0.05) is 24.7 Å². The molecular formula is C27H33N3O6. The third-order valence-electron chi connectivity index (χ3n) is 5.81. The number of carboxylic acid groups (broad SMARTS) is 1. The first-order valence-corrected chi connectivity index (χ1v) is 11.8. The molecule has 0 fully saturated rings. The highest BCUT2D eigenvalue weighted by atomic mass is 16.4. The monoisotopic (exact) mass is 495 g/mol. The molecule has 2 aromatic carbocycles. The summed E-state index contributed by atoms with van der Waals surface area (Å²) in [5.41, 5.74) is 3.99. The van der Waals surface area contributed by atoms with Crippen LogP contribution in [-0.2, 0) is 19.2 Å². The highest BCUT2D eigenvalue weighted by molar-refractivity contribution is 5.94. The predicted octanol–water partition coefficient (Wildman–Crippen LogP) is 3.10. The minimum Gasteiger partial charge on any atom is -0.481 e. The van der Waals surface area contributed by atoms with Gasteiger partial charge in [0.15, 0.2) is 0 Å². The lowest BCUT2D eigenvalue weighted by Gasteiger charge is -2.20. The first-order valence-electron chi connectivity index (χ1n) is 11.8. The van der Waals surface area contributed by atoms with Crippen LogP contribution in [0.2, 0.25) is 0 Å². The van der Waals surface area contributed by atoms with Crippen molar-refractivity contribution in [3.63, 3.8) is 0 Å². The zero-order chi connectivity index (χ0) is 26.7. The maximum Gasteiger partial charge on any atom is 0.305 e. The average Bonchev–Trinajstić information content (AvgIpc) is 2.82. The van der Waals surface area contributed by atoms with Gasteiger partial charge in [0.25, 0.3) is 5.91 Å². The molecule has 0 aromatic heterocycles. The van der Waals surface area contributed by atoms with Crippen molar-refractivity contribution in [2.24, 2.45) is 0 Å². The summed E-state index contributed by atoms with van der Waals surface area (Å²) in [6.45, 7) is 5.75. The quantitative estimate of drug-likeness (QED) is 0.249. The Morgan fingerprint density at radius 3 is 2.25 bits per heavy atom. The Labute approximate surface area is 210 Å². The van der Waals surface area contributed by atoms with E-state index in [4.69, 9.17) is 5.11 Å². The number of unbranched alkanes of at least 4 members (excludes halogenated alkanes) is 1. The molecule has 0 bridgehead atoms. The van der Waals surface area contributed by atoms with E-state index in [2.05, 4.69) is 16.0 Å². The fourth-order valence-corrected chi connectivity index (χ4v) is 3.72. The van der Waals surface area contributed by atoms with Crippen LogP contribution in [0.5, 0.6) is 0 Å². The molecule has 2 rings (SSSR count). The van der Waals surface area contributed by atoms with Gasteiger partial charge in [-0.2, -0.15) is 0 Å². The molecule has 9 heteroatoms. The summed E-state index contributed by atoms with van der Waals surface area (Å²) >= 11 is 0. The zero-order valence-electron chi connectivity index (χ0n) is 20.8. The van der Waals surface area contributed by atoms with E-state index in [1.165, 1.54) is 6.92 Å². The van der Waals surface area contributed by atoms with E-state index in [0.717, 1.165) is 11.1 Å². The Kier molecular flexibility index (Phi) is 10.8. The van der Waals surface area contributed by atoms with Gasteiger partial charge in [-0.25, -0.2) is 0 Å². The smallest absolute Gasteiger partial charge is 0.305 e. The molecule has 0 heterocycles. The lowest BCUT2D eigenvalue weighted by molar-refractivity contribution is -0.139. The molecular weight excluding hydrogens is 462 g/mol.